The van der Waals surface area contributed by atoms with Gasteiger partial charge in [0.2, 0.25) is 5.91 Å². The van der Waals surface area contributed by atoms with Gasteiger partial charge >= 0.3 is 5.97 Å². The summed E-state index contributed by atoms with van der Waals surface area (Å²) in [6.07, 6.45) is 0.0109. The van der Waals surface area contributed by atoms with Crippen LogP contribution in [0.2, 0.25) is 0 Å². The fourth-order valence-electron chi connectivity index (χ4n) is 1.57. The molecule has 0 aliphatic rings. The zero-order chi connectivity index (χ0) is 14.4. The Labute approximate surface area is 109 Å². The van der Waals surface area contributed by atoms with Crippen molar-refractivity contribution < 1.29 is 19.6 Å². The number of carboxylic acid groups (broad SMARTS) is 1. The van der Waals surface area contributed by atoms with Crippen molar-refractivity contribution >= 4 is 23.3 Å². The van der Waals surface area contributed by atoms with E-state index in [2.05, 4.69) is 5.32 Å². The molecule has 0 unspecified atom stereocenters. The number of carboxylic acids is 1. The number of carbonyl (C=O) groups is 2. The normalized spacial score (nSPS) is 11.6. The van der Waals surface area contributed by atoms with Crippen molar-refractivity contribution in [2.75, 3.05) is 5.32 Å². The Morgan fingerprint density at radius 2 is 1.89 bits per heavy atom. The number of nitro benzene ring substituents is 1. The van der Waals surface area contributed by atoms with Gasteiger partial charge in [0.05, 0.1) is 4.92 Å². The monoisotopic (exact) mass is 266 g/mol. The van der Waals surface area contributed by atoms with Gasteiger partial charge in [-0.15, -0.1) is 0 Å². The minimum Gasteiger partial charge on any atom is -0.481 e. The van der Waals surface area contributed by atoms with Gasteiger partial charge in [0.25, 0.3) is 5.69 Å². The standard InChI is InChI=1S/C12H14N2O5/c1-8(7-12(16)17)6-11(15)13-9-2-4-10(5-3-9)14(18)19/h2-5,8H,6-7H2,1H3,(H,13,15)(H,16,17)/t8-/m0/s1. The molecule has 0 aliphatic carbocycles. The SMILES string of the molecule is C[C@H](CC(=O)O)CC(=O)Nc1ccc([N+](=O)[O-])cc1. The number of nitro groups is 1. The van der Waals surface area contributed by atoms with E-state index in [0.29, 0.717) is 5.69 Å². The predicted molar refractivity (Wildman–Crippen MR) is 67.8 cm³/mol. The van der Waals surface area contributed by atoms with Gasteiger partial charge in [-0.25, -0.2) is 0 Å². The number of anilines is 1. The number of amides is 1. The van der Waals surface area contributed by atoms with Crippen LogP contribution in [0.3, 0.4) is 0 Å². The van der Waals surface area contributed by atoms with Crippen LogP contribution in [0, 0.1) is 16.0 Å². The summed E-state index contributed by atoms with van der Waals surface area (Å²) >= 11 is 0. The molecular weight excluding hydrogens is 252 g/mol. The van der Waals surface area contributed by atoms with Crippen LogP contribution in [0.1, 0.15) is 19.8 Å². The van der Waals surface area contributed by atoms with E-state index in [9.17, 15) is 19.7 Å². The lowest BCUT2D eigenvalue weighted by Crippen LogP contribution is -2.16. The zero-order valence-corrected chi connectivity index (χ0v) is 10.3. The Morgan fingerprint density at radius 3 is 2.37 bits per heavy atom. The molecule has 0 saturated carbocycles. The van der Waals surface area contributed by atoms with E-state index >= 15 is 0 Å². The molecule has 0 fully saturated rings. The molecule has 0 spiro atoms. The van der Waals surface area contributed by atoms with E-state index in [-0.39, 0.29) is 30.4 Å². The fraction of sp³-hybridized carbons (Fsp3) is 0.333. The minimum atomic E-state index is -0.948. The Kier molecular flexibility index (Phi) is 4.99. The third-order valence-corrected chi connectivity index (χ3v) is 2.42. The van der Waals surface area contributed by atoms with Crippen molar-refractivity contribution in [1.29, 1.82) is 0 Å². The number of carbonyl (C=O) groups excluding carboxylic acids is 1. The Hall–Kier alpha value is -2.44. The molecule has 0 radical (unpaired) electrons. The van der Waals surface area contributed by atoms with Gasteiger partial charge in [-0.05, 0) is 18.1 Å². The van der Waals surface area contributed by atoms with Crippen LogP contribution < -0.4 is 5.32 Å². The Morgan fingerprint density at radius 1 is 1.32 bits per heavy atom. The zero-order valence-electron chi connectivity index (χ0n) is 10.3. The summed E-state index contributed by atoms with van der Waals surface area (Å²) in [4.78, 5) is 32.0. The van der Waals surface area contributed by atoms with Gasteiger partial charge in [-0.2, -0.15) is 0 Å². The number of nitrogens with one attached hydrogen (secondary N) is 1. The van der Waals surface area contributed by atoms with Crippen molar-refractivity contribution in [2.24, 2.45) is 5.92 Å². The summed E-state index contributed by atoms with van der Waals surface area (Å²) in [5.74, 6) is -1.53. The first kappa shape index (κ1) is 14.6. The number of non-ortho nitro benzene ring substituents is 1. The van der Waals surface area contributed by atoms with Gasteiger partial charge < -0.3 is 10.4 Å². The van der Waals surface area contributed by atoms with E-state index < -0.39 is 10.9 Å². The summed E-state index contributed by atoms with van der Waals surface area (Å²) in [5.41, 5.74) is 0.385. The first-order chi connectivity index (χ1) is 8.88. The van der Waals surface area contributed by atoms with E-state index in [1.807, 2.05) is 0 Å². The van der Waals surface area contributed by atoms with Gasteiger partial charge in [0.1, 0.15) is 0 Å². The molecule has 0 aromatic heterocycles. The second kappa shape index (κ2) is 6.48. The minimum absolute atomic E-state index is 0.0581. The maximum absolute atomic E-state index is 11.6. The highest BCUT2D eigenvalue weighted by molar-refractivity contribution is 5.91. The van der Waals surface area contributed by atoms with E-state index in [1.54, 1.807) is 6.92 Å². The van der Waals surface area contributed by atoms with Crippen LogP contribution in [-0.2, 0) is 9.59 Å². The first-order valence-corrected chi connectivity index (χ1v) is 5.64. The van der Waals surface area contributed by atoms with Crippen LogP contribution in [0.4, 0.5) is 11.4 Å². The smallest absolute Gasteiger partial charge is 0.303 e. The number of hydrogen-bond donors (Lipinski definition) is 2. The van der Waals surface area contributed by atoms with Gasteiger partial charge in [-0.3, -0.25) is 19.7 Å². The summed E-state index contributed by atoms with van der Waals surface area (Å²) < 4.78 is 0. The van der Waals surface area contributed by atoms with Crippen molar-refractivity contribution in [3.63, 3.8) is 0 Å². The van der Waals surface area contributed by atoms with Crippen LogP contribution in [0.15, 0.2) is 24.3 Å². The maximum Gasteiger partial charge on any atom is 0.303 e. The van der Waals surface area contributed by atoms with E-state index in [4.69, 9.17) is 5.11 Å². The molecule has 1 rings (SSSR count). The largest absolute Gasteiger partial charge is 0.481 e. The molecule has 0 saturated heterocycles. The van der Waals surface area contributed by atoms with Crippen LogP contribution in [-0.4, -0.2) is 21.9 Å². The lowest BCUT2D eigenvalue weighted by molar-refractivity contribution is -0.384. The lowest BCUT2D eigenvalue weighted by Gasteiger charge is -2.09. The molecule has 0 heterocycles. The van der Waals surface area contributed by atoms with Crippen LogP contribution >= 0.6 is 0 Å². The summed E-state index contributed by atoms with van der Waals surface area (Å²) in [6, 6.07) is 5.43. The fourth-order valence-corrected chi connectivity index (χ4v) is 1.57. The van der Waals surface area contributed by atoms with Crippen LogP contribution in [0.5, 0.6) is 0 Å². The van der Waals surface area contributed by atoms with E-state index in [0.717, 1.165) is 0 Å². The molecule has 19 heavy (non-hydrogen) atoms. The quantitative estimate of drug-likeness (QED) is 0.604. The Bertz CT molecular complexity index is 483. The first-order valence-electron chi connectivity index (χ1n) is 5.64. The number of hydrogen-bond acceptors (Lipinski definition) is 4. The van der Waals surface area contributed by atoms with Crippen molar-refractivity contribution in [1.82, 2.24) is 0 Å². The highest BCUT2D eigenvalue weighted by atomic mass is 16.6. The average Bonchev–Trinajstić information content (AvgIpc) is 2.27. The number of nitrogens with zero attached hydrogens (tertiary/aromatic N) is 1. The van der Waals surface area contributed by atoms with Crippen LogP contribution in [0.25, 0.3) is 0 Å². The molecule has 2 N–H and O–H groups in total. The van der Waals surface area contributed by atoms with Crippen molar-refractivity contribution in [3.05, 3.63) is 34.4 Å². The predicted octanol–water partition coefficient (Wildman–Crippen LogP) is 2.03. The Balaban J connectivity index is 2.52. The molecule has 102 valence electrons. The molecule has 0 bridgehead atoms. The van der Waals surface area contributed by atoms with Crippen molar-refractivity contribution in [2.45, 2.75) is 19.8 Å². The molecule has 1 aromatic rings. The highest BCUT2D eigenvalue weighted by Gasteiger charge is 2.13. The third-order valence-electron chi connectivity index (χ3n) is 2.42. The number of rotatable bonds is 6. The molecule has 1 atom stereocenters. The van der Waals surface area contributed by atoms with Crippen molar-refractivity contribution in [3.8, 4) is 0 Å². The topological polar surface area (TPSA) is 110 Å². The second-order valence-corrected chi connectivity index (χ2v) is 4.26. The average molecular weight is 266 g/mol. The second-order valence-electron chi connectivity index (χ2n) is 4.26. The molecular formula is C12H14N2O5. The molecule has 1 aromatic carbocycles. The lowest BCUT2D eigenvalue weighted by atomic mass is 10.0. The summed E-state index contributed by atoms with van der Waals surface area (Å²) in [7, 11) is 0. The van der Waals surface area contributed by atoms with E-state index in [1.165, 1.54) is 24.3 Å². The third kappa shape index (κ3) is 5.15. The molecule has 7 nitrogen and oxygen atoms in total. The van der Waals surface area contributed by atoms with Gasteiger partial charge in [0, 0.05) is 30.7 Å². The molecule has 0 aliphatic heterocycles. The highest BCUT2D eigenvalue weighted by Crippen LogP contribution is 2.16. The molecule has 1 amide bonds. The summed E-state index contributed by atoms with van der Waals surface area (Å²) in [5, 5.41) is 21.6. The summed E-state index contributed by atoms with van der Waals surface area (Å²) in [6.45, 7) is 1.67. The number of benzene rings is 1. The maximum atomic E-state index is 11.6. The van der Waals surface area contributed by atoms with Gasteiger partial charge in [0.15, 0.2) is 0 Å². The molecule has 7 heteroatoms. The number of aliphatic carboxylic acids is 1. The van der Waals surface area contributed by atoms with Gasteiger partial charge in [-0.1, -0.05) is 6.92 Å².